The van der Waals surface area contributed by atoms with Crippen LogP contribution in [-0.4, -0.2) is 16.5 Å². The van der Waals surface area contributed by atoms with Crippen molar-refractivity contribution in [3.8, 4) is 0 Å². The fourth-order valence-electron chi connectivity index (χ4n) is 2.63. The smallest absolute Gasteiger partial charge is 0.180 e. The maximum Gasteiger partial charge on any atom is 0.180 e. The molecule has 2 N–H and O–H groups in total. The quantitative estimate of drug-likeness (QED) is 0.934. The summed E-state index contributed by atoms with van der Waals surface area (Å²) in [5.41, 5.74) is 9.16. The maximum atomic E-state index is 5.74. The van der Waals surface area contributed by atoms with Crippen LogP contribution in [0.5, 0.6) is 0 Å². The standard InChI is InChI=1S/C14H18N4S/c1-2-10-5-6-11(8-16-10)18-7-3-4-13(18)12-9-19-14(15)17-12/h5-6,8-9,13H,2-4,7H2,1H3,(H2,15,17)/t13-/m1/s1. The van der Waals surface area contributed by atoms with Gasteiger partial charge in [0.1, 0.15) is 0 Å². The first-order valence-electron chi connectivity index (χ1n) is 6.70. The molecule has 0 saturated carbocycles. The summed E-state index contributed by atoms with van der Waals surface area (Å²) in [6.45, 7) is 3.19. The molecule has 0 radical (unpaired) electrons. The Kier molecular flexibility index (Phi) is 3.38. The van der Waals surface area contributed by atoms with Crippen molar-refractivity contribution < 1.29 is 0 Å². The van der Waals surface area contributed by atoms with Crippen molar-refractivity contribution in [2.75, 3.05) is 17.2 Å². The molecule has 0 amide bonds. The fourth-order valence-corrected chi connectivity index (χ4v) is 3.24. The minimum atomic E-state index is 0.350. The van der Waals surface area contributed by atoms with Gasteiger partial charge < -0.3 is 10.6 Å². The average molecular weight is 274 g/mol. The Labute approximate surface area is 117 Å². The van der Waals surface area contributed by atoms with Gasteiger partial charge in [-0.05, 0) is 31.4 Å². The molecule has 1 saturated heterocycles. The van der Waals surface area contributed by atoms with E-state index in [4.69, 9.17) is 5.73 Å². The molecule has 0 unspecified atom stereocenters. The Morgan fingerprint density at radius 1 is 1.47 bits per heavy atom. The number of thiazole rings is 1. The number of nitrogens with two attached hydrogens (primary N) is 1. The van der Waals surface area contributed by atoms with Crippen molar-refractivity contribution in [1.82, 2.24) is 9.97 Å². The third-order valence-electron chi connectivity index (χ3n) is 3.64. The molecule has 4 nitrogen and oxygen atoms in total. The Morgan fingerprint density at radius 3 is 3.00 bits per heavy atom. The lowest BCUT2D eigenvalue weighted by Gasteiger charge is -2.25. The lowest BCUT2D eigenvalue weighted by atomic mass is 10.1. The molecule has 100 valence electrons. The van der Waals surface area contributed by atoms with Gasteiger partial charge in [0.25, 0.3) is 0 Å². The molecule has 1 fully saturated rings. The van der Waals surface area contributed by atoms with Gasteiger partial charge in [0.05, 0.1) is 23.6 Å². The van der Waals surface area contributed by atoms with E-state index in [9.17, 15) is 0 Å². The summed E-state index contributed by atoms with van der Waals surface area (Å²) in [6, 6.07) is 4.63. The number of aromatic nitrogens is 2. The van der Waals surface area contributed by atoms with Crippen LogP contribution in [0.4, 0.5) is 10.8 Å². The van der Waals surface area contributed by atoms with Gasteiger partial charge in [-0.2, -0.15) is 0 Å². The number of rotatable bonds is 3. The van der Waals surface area contributed by atoms with Gasteiger partial charge >= 0.3 is 0 Å². The van der Waals surface area contributed by atoms with Crippen LogP contribution in [-0.2, 0) is 6.42 Å². The second-order valence-corrected chi connectivity index (χ2v) is 5.71. The predicted molar refractivity (Wildman–Crippen MR) is 79.5 cm³/mol. The molecule has 1 aliphatic heterocycles. The number of hydrogen-bond donors (Lipinski definition) is 1. The summed E-state index contributed by atoms with van der Waals surface area (Å²) < 4.78 is 0. The molecule has 3 heterocycles. The van der Waals surface area contributed by atoms with E-state index >= 15 is 0 Å². The first kappa shape index (κ1) is 12.4. The Morgan fingerprint density at radius 2 is 2.37 bits per heavy atom. The number of aryl methyl sites for hydroxylation is 1. The van der Waals surface area contributed by atoms with Crippen molar-refractivity contribution in [1.29, 1.82) is 0 Å². The minimum absolute atomic E-state index is 0.350. The average Bonchev–Trinajstić information content (AvgIpc) is 3.07. The second-order valence-electron chi connectivity index (χ2n) is 4.82. The largest absolute Gasteiger partial charge is 0.375 e. The van der Waals surface area contributed by atoms with E-state index in [1.54, 1.807) is 0 Å². The van der Waals surface area contributed by atoms with E-state index in [1.165, 1.54) is 23.4 Å². The minimum Gasteiger partial charge on any atom is -0.375 e. The predicted octanol–water partition coefficient (Wildman–Crippen LogP) is 3.02. The van der Waals surface area contributed by atoms with Crippen LogP contribution in [0, 0.1) is 0 Å². The Hall–Kier alpha value is -1.62. The summed E-state index contributed by atoms with van der Waals surface area (Å²) in [4.78, 5) is 11.3. The SMILES string of the molecule is CCc1ccc(N2CCC[C@@H]2c2csc(N)n2)cn1. The highest BCUT2D eigenvalue weighted by Gasteiger charge is 2.28. The molecule has 2 aromatic rings. The monoisotopic (exact) mass is 274 g/mol. The number of nitrogens with zero attached hydrogens (tertiary/aromatic N) is 3. The zero-order valence-electron chi connectivity index (χ0n) is 11.0. The molecule has 0 spiro atoms. The third kappa shape index (κ3) is 2.42. The molecule has 1 aliphatic rings. The van der Waals surface area contributed by atoms with Gasteiger partial charge in [0, 0.05) is 17.6 Å². The maximum absolute atomic E-state index is 5.74. The molecule has 0 bridgehead atoms. The van der Waals surface area contributed by atoms with Crippen LogP contribution < -0.4 is 10.6 Å². The van der Waals surface area contributed by atoms with Crippen molar-refractivity contribution in [3.05, 3.63) is 35.1 Å². The van der Waals surface area contributed by atoms with E-state index in [1.807, 2.05) is 6.20 Å². The van der Waals surface area contributed by atoms with E-state index < -0.39 is 0 Å². The highest BCUT2D eigenvalue weighted by atomic mass is 32.1. The molecular formula is C14H18N4S. The van der Waals surface area contributed by atoms with Gasteiger partial charge in [-0.3, -0.25) is 4.98 Å². The number of nitrogen functional groups attached to an aromatic ring is 1. The van der Waals surface area contributed by atoms with Crippen LogP contribution in [0.25, 0.3) is 0 Å². The second kappa shape index (κ2) is 5.17. The number of pyridine rings is 1. The molecule has 0 aliphatic carbocycles. The third-order valence-corrected chi connectivity index (χ3v) is 4.33. The lowest BCUT2D eigenvalue weighted by Crippen LogP contribution is -2.23. The van der Waals surface area contributed by atoms with E-state index in [-0.39, 0.29) is 0 Å². The van der Waals surface area contributed by atoms with Crippen molar-refractivity contribution in [2.45, 2.75) is 32.2 Å². The number of anilines is 2. The zero-order chi connectivity index (χ0) is 13.2. The molecule has 5 heteroatoms. The Bertz CT molecular complexity index is 549. The van der Waals surface area contributed by atoms with Crippen LogP contribution in [0.3, 0.4) is 0 Å². The highest BCUT2D eigenvalue weighted by molar-refractivity contribution is 7.13. The first-order valence-corrected chi connectivity index (χ1v) is 7.58. The first-order chi connectivity index (χ1) is 9.28. The van der Waals surface area contributed by atoms with Gasteiger partial charge in [-0.15, -0.1) is 11.3 Å². The summed E-state index contributed by atoms with van der Waals surface area (Å²) >= 11 is 1.52. The van der Waals surface area contributed by atoms with Crippen LogP contribution >= 0.6 is 11.3 Å². The summed E-state index contributed by atoms with van der Waals surface area (Å²) in [5, 5.41) is 2.73. The summed E-state index contributed by atoms with van der Waals surface area (Å²) in [6.07, 6.45) is 5.29. The Balaban J connectivity index is 1.86. The molecule has 0 aromatic carbocycles. The van der Waals surface area contributed by atoms with Crippen molar-refractivity contribution >= 4 is 22.2 Å². The summed E-state index contributed by atoms with van der Waals surface area (Å²) in [7, 11) is 0. The van der Waals surface area contributed by atoms with Crippen LogP contribution in [0.1, 0.15) is 37.2 Å². The summed E-state index contributed by atoms with van der Waals surface area (Å²) in [5.74, 6) is 0. The van der Waals surface area contributed by atoms with Crippen LogP contribution in [0.2, 0.25) is 0 Å². The molecule has 1 atom stereocenters. The number of hydrogen-bond acceptors (Lipinski definition) is 5. The van der Waals surface area contributed by atoms with Crippen molar-refractivity contribution in [2.24, 2.45) is 0 Å². The highest BCUT2D eigenvalue weighted by Crippen LogP contribution is 2.36. The zero-order valence-corrected chi connectivity index (χ0v) is 11.9. The lowest BCUT2D eigenvalue weighted by molar-refractivity contribution is 0.699. The molecular weight excluding hydrogens is 256 g/mol. The van der Waals surface area contributed by atoms with Gasteiger partial charge in [-0.1, -0.05) is 6.92 Å². The van der Waals surface area contributed by atoms with Gasteiger partial charge in [0.15, 0.2) is 5.13 Å². The van der Waals surface area contributed by atoms with E-state index in [0.29, 0.717) is 11.2 Å². The normalized spacial score (nSPS) is 19.0. The molecule has 2 aromatic heterocycles. The molecule has 19 heavy (non-hydrogen) atoms. The van der Waals surface area contributed by atoms with Crippen LogP contribution in [0.15, 0.2) is 23.7 Å². The van der Waals surface area contributed by atoms with Gasteiger partial charge in [0.2, 0.25) is 0 Å². The van der Waals surface area contributed by atoms with Gasteiger partial charge in [-0.25, -0.2) is 4.98 Å². The van der Waals surface area contributed by atoms with Crippen molar-refractivity contribution in [3.63, 3.8) is 0 Å². The fraction of sp³-hybridized carbons (Fsp3) is 0.429. The molecule has 3 rings (SSSR count). The topological polar surface area (TPSA) is 55.0 Å². The van der Waals surface area contributed by atoms with E-state index in [2.05, 4.69) is 39.3 Å². The van der Waals surface area contributed by atoms with E-state index in [0.717, 1.165) is 30.8 Å².